The molecule has 0 saturated heterocycles. The number of rotatable bonds is 9. The highest BCUT2D eigenvalue weighted by molar-refractivity contribution is 5.71. The van der Waals surface area contributed by atoms with Gasteiger partial charge in [0.05, 0.1) is 27.0 Å². The van der Waals surface area contributed by atoms with Crippen LogP contribution >= 0.6 is 0 Å². The molecule has 0 atom stereocenters. The van der Waals surface area contributed by atoms with Crippen LogP contribution in [0.15, 0.2) is 16.9 Å². The zero-order valence-electron chi connectivity index (χ0n) is 15.5. The summed E-state index contributed by atoms with van der Waals surface area (Å²) in [6.45, 7) is 0. The zero-order valence-corrected chi connectivity index (χ0v) is 15.5. The molecule has 2 rings (SSSR count). The number of anilines is 1. The highest BCUT2D eigenvalue weighted by atomic mass is 16.5. The number of hydrogen-bond donors (Lipinski definition) is 3. The van der Waals surface area contributed by atoms with Crippen molar-refractivity contribution in [2.45, 2.75) is 25.7 Å². The van der Waals surface area contributed by atoms with Gasteiger partial charge in [0.1, 0.15) is 0 Å². The number of unbranched alkanes of at least 4 members (excludes halogenated alkanes) is 1. The SMILES string of the molecule is COc1cc(-c2nc(N)[nH]c(=O)c2CCCCC(=O)O)cc(OC)c1OC. The minimum absolute atomic E-state index is 0.0157. The maximum absolute atomic E-state index is 12.4. The number of carboxylic acid groups (broad SMARTS) is 1. The van der Waals surface area contributed by atoms with Crippen LogP contribution in [0.25, 0.3) is 11.3 Å². The average Bonchev–Trinajstić information content (AvgIpc) is 2.64. The van der Waals surface area contributed by atoms with Crippen molar-refractivity contribution in [3.8, 4) is 28.5 Å². The van der Waals surface area contributed by atoms with Gasteiger partial charge in [-0.05, 0) is 31.4 Å². The number of aromatic nitrogens is 2. The Labute approximate surface area is 156 Å². The topological polar surface area (TPSA) is 137 Å². The van der Waals surface area contributed by atoms with Gasteiger partial charge in [-0.3, -0.25) is 14.6 Å². The van der Waals surface area contributed by atoms with Crippen molar-refractivity contribution in [2.75, 3.05) is 27.1 Å². The van der Waals surface area contributed by atoms with Crippen LogP contribution in [-0.2, 0) is 11.2 Å². The molecule has 0 aliphatic carbocycles. The van der Waals surface area contributed by atoms with Gasteiger partial charge in [0.2, 0.25) is 11.7 Å². The van der Waals surface area contributed by atoms with E-state index in [1.54, 1.807) is 12.1 Å². The van der Waals surface area contributed by atoms with Crippen molar-refractivity contribution in [1.29, 1.82) is 0 Å². The van der Waals surface area contributed by atoms with Crippen LogP contribution in [0, 0.1) is 0 Å². The predicted octanol–water partition coefficient (Wildman–Crippen LogP) is 1.84. The minimum Gasteiger partial charge on any atom is -0.493 e. The third-order valence-electron chi connectivity index (χ3n) is 4.04. The number of carboxylic acids is 1. The van der Waals surface area contributed by atoms with Gasteiger partial charge in [-0.1, -0.05) is 0 Å². The number of nitrogens with zero attached hydrogens (tertiary/aromatic N) is 1. The fourth-order valence-corrected chi connectivity index (χ4v) is 2.78. The molecule has 0 bridgehead atoms. The largest absolute Gasteiger partial charge is 0.493 e. The lowest BCUT2D eigenvalue weighted by Gasteiger charge is -2.15. The van der Waals surface area contributed by atoms with Crippen LogP contribution in [0.5, 0.6) is 17.2 Å². The number of nitrogens with two attached hydrogens (primary N) is 1. The van der Waals surface area contributed by atoms with E-state index >= 15 is 0 Å². The first-order valence-corrected chi connectivity index (χ1v) is 8.32. The average molecular weight is 377 g/mol. The first-order valence-electron chi connectivity index (χ1n) is 8.32. The molecule has 0 spiro atoms. The molecule has 1 heterocycles. The molecule has 27 heavy (non-hydrogen) atoms. The molecule has 0 amide bonds. The van der Waals surface area contributed by atoms with Gasteiger partial charge in [-0.15, -0.1) is 0 Å². The molecule has 0 aliphatic rings. The van der Waals surface area contributed by atoms with Crippen molar-refractivity contribution in [1.82, 2.24) is 9.97 Å². The van der Waals surface area contributed by atoms with E-state index in [2.05, 4.69) is 9.97 Å². The molecule has 146 valence electrons. The van der Waals surface area contributed by atoms with E-state index in [9.17, 15) is 9.59 Å². The van der Waals surface area contributed by atoms with Gasteiger partial charge in [-0.25, -0.2) is 4.98 Å². The second-order valence-electron chi connectivity index (χ2n) is 5.79. The second kappa shape index (κ2) is 8.93. The summed E-state index contributed by atoms with van der Waals surface area (Å²) in [6, 6.07) is 3.37. The fourth-order valence-electron chi connectivity index (χ4n) is 2.78. The Morgan fingerprint density at radius 2 is 1.78 bits per heavy atom. The first kappa shape index (κ1) is 20.1. The van der Waals surface area contributed by atoms with Crippen LogP contribution in [0.4, 0.5) is 5.95 Å². The number of aliphatic carboxylic acids is 1. The molecular weight excluding hydrogens is 354 g/mol. The van der Waals surface area contributed by atoms with E-state index < -0.39 is 5.97 Å². The van der Waals surface area contributed by atoms with Crippen molar-refractivity contribution >= 4 is 11.9 Å². The molecule has 0 saturated carbocycles. The van der Waals surface area contributed by atoms with E-state index in [0.29, 0.717) is 53.3 Å². The lowest BCUT2D eigenvalue weighted by Crippen LogP contribution is -2.18. The van der Waals surface area contributed by atoms with Crippen LogP contribution in [0.1, 0.15) is 24.8 Å². The molecule has 4 N–H and O–H groups in total. The number of benzene rings is 1. The highest BCUT2D eigenvalue weighted by Crippen LogP contribution is 2.41. The number of nitrogen functional groups attached to an aromatic ring is 1. The van der Waals surface area contributed by atoms with Crippen molar-refractivity contribution < 1.29 is 24.1 Å². The molecule has 0 aliphatic heterocycles. The summed E-state index contributed by atoms with van der Waals surface area (Å²) in [5.41, 5.74) is 6.76. The molecule has 0 fully saturated rings. The van der Waals surface area contributed by atoms with Gasteiger partial charge in [0.25, 0.3) is 5.56 Å². The van der Waals surface area contributed by atoms with Gasteiger partial charge < -0.3 is 25.1 Å². The van der Waals surface area contributed by atoms with Gasteiger partial charge in [-0.2, -0.15) is 0 Å². The van der Waals surface area contributed by atoms with E-state index in [1.165, 1.54) is 21.3 Å². The van der Waals surface area contributed by atoms with Crippen LogP contribution in [0.3, 0.4) is 0 Å². The standard InChI is InChI=1S/C18H23N3O6/c1-25-12-8-10(9-13(26-2)16(12)27-3)15-11(6-4-5-7-14(22)23)17(24)21-18(19)20-15/h8-9H,4-7H2,1-3H3,(H,22,23)(H3,19,20,21,24). The maximum atomic E-state index is 12.4. The Morgan fingerprint density at radius 1 is 1.15 bits per heavy atom. The normalized spacial score (nSPS) is 10.5. The lowest BCUT2D eigenvalue weighted by molar-refractivity contribution is -0.137. The summed E-state index contributed by atoms with van der Waals surface area (Å²) in [4.78, 5) is 29.9. The maximum Gasteiger partial charge on any atom is 0.303 e. The monoisotopic (exact) mass is 377 g/mol. The summed E-state index contributed by atoms with van der Waals surface area (Å²) < 4.78 is 16.0. The number of carbonyl (C=O) groups is 1. The minimum atomic E-state index is -0.871. The molecule has 2 aromatic rings. The van der Waals surface area contributed by atoms with Crippen LogP contribution in [0.2, 0.25) is 0 Å². The summed E-state index contributed by atoms with van der Waals surface area (Å²) in [5, 5.41) is 8.76. The van der Waals surface area contributed by atoms with Crippen LogP contribution < -0.4 is 25.5 Å². The number of ether oxygens (including phenoxy) is 3. The smallest absolute Gasteiger partial charge is 0.303 e. The molecule has 9 heteroatoms. The Bertz CT molecular complexity index is 853. The third kappa shape index (κ3) is 4.69. The van der Waals surface area contributed by atoms with Crippen molar-refractivity contribution in [2.24, 2.45) is 0 Å². The predicted molar refractivity (Wildman–Crippen MR) is 99.6 cm³/mol. The number of H-pyrrole nitrogens is 1. The molecule has 1 aromatic heterocycles. The Balaban J connectivity index is 2.51. The zero-order chi connectivity index (χ0) is 20.0. The fraction of sp³-hybridized carbons (Fsp3) is 0.389. The van der Waals surface area contributed by atoms with E-state index in [0.717, 1.165) is 0 Å². The van der Waals surface area contributed by atoms with Crippen LogP contribution in [-0.4, -0.2) is 42.4 Å². The van der Waals surface area contributed by atoms with Gasteiger partial charge in [0, 0.05) is 17.5 Å². The van der Waals surface area contributed by atoms with E-state index in [4.69, 9.17) is 25.1 Å². The first-order chi connectivity index (χ1) is 12.9. The summed E-state index contributed by atoms with van der Waals surface area (Å²) in [6.07, 6.45) is 1.38. The molecule has 9 nitrogen and oxygen atoms in total. The van der Waals surface area contributed by atoms with Crippen molar-refractivity contribution in [3.05, 3.63) is 28.0 Å². The van der Waals surface area contributed by atoms with Gasteiger partial charge in [0.15, 0.2) is 11.5 Å². The highest BCUT2D eigenvalue weighted by Gasteiger charge is 2.19. The second-order valence-corrected chi connectivity index (χ2v) is 5.79. The quantitative estimate of drug-likeness (QED) is 0.563. The summed E-state index contributed by atoms with van der Waals surface area (Å²) in [7, 11) is 4.48. The molecule has 0 radical (unpaired) electrons. The Hall–Kier alpha value is -3.23. The van der Waals surface area contributed by atoms with E-state index in [-0.39, 0.29) is 17.9 Å². The molecular formula is C18H23N3O6. The Morgan fingerprint density at radius 3 is 2.30 bits per heavy atom. The molecule has 1 aromatic carbocycles. The van der Waals surface area contributed by atoms with E-state index in [1.807, 2.05) is 0 Å². The van der Waals surface area contributed by atoms with Crippen molar-refractivity contribution in [3.63, 3.8) is 0 Å². The lowest BCUT2D eigenvalue weighted by atomic mass is 10.0. The number of hydrogen-bond acceptors (Lipinski definition) is 7. The third-order valence-corrected chi connectivity index (χ3v) is 4.04. The van der Waals surface area contributed by atoms with Gasteiger partial charge >= 0.3 is 5.97 Å². The number of nitrogens with one attached hydrogen (secondary N) is 1. The Kier molecular flexibility index (Phi) is 6.64. The summed E-state index contributed by atoms with van der Waals surface area (Å²) in [5.74, 6) is 0.375. The number of methoxy groups -OCH3 is 3. The molecule has 0 unspecified atom stereocenters. The summed E-state index contributed by atoms with van der Waals surface area (Å²) >= 11 is 0. The number of aromatic amines is 1.